The second kappa shape index (κ2) is 16.6. The Bertz CT molecular complexity index is 2010. The van der Waals surface area contributed by atoms with Gasteiger partial charge in [-0.15, -0.1) is 0 Å². The van der Waals surface area contributed by atoms with Crippen molar-refractivity contribution in [3.8, 4) is 17.4 Å². The molecule has 0 amide bonds. The first-order chi connectivity index (χ1) is 23.7. The van der Waals surface area contributed by atoms with Crippen LogP contribution >= 0.6 is 12.2 Å². The first kappa shape index (κ1) is 37.8. The lowest BCUT2D eigenvalue weighted by Crippen LogP contribution is -2.44. The number of aryl methyl sites for hydroxylation is 1. The molecule has 2 atom stereocenters. The smallest absolute Gasteiger partial charge is 0.507 e. The van der Waals surface area contributed by atoms with Crippen molar-refractivity contribution in [2.24, 2.45) is 0 Å². The zero-order chi connectivity index (χ0) is 36.6. The second-order valence-corrected chi connectivity index (χ2v) is 12.0. The molecule has 1 aliphatic carbocycles. The first-order valence-electron chi connectivity index (χ1n) is 15.5. The highest BCUT2D eigenvalue weighted by Crippen LogP contribution is 2.37. The minimum absolute atomic E-state index is 0.0112. The number of thiocarbonyl (C=S) groups is 1. The molecule has 1 aliphatic rings. The van der Waals surface area contributed by atoms with Crippen LogP contribution in [0.5, 0.6) is 17.4 Å². The molecule has 2 N–H and O–H groups in total. The van der Waals surface area contributed by atoms with Crippen molar-refractivity contribution < 1.29 is 51.6 Å². The maximum absolute atomic E-state index is 13.9. The lowest BCUT2D eigenvalue weighted by atomic mass is 9.88. The van der Waals surface area contributed by atoms with E-state index in [1.807, 2.05) is 13.0 Å². The number of aromatic hydroxyl groups is 1. The van der Waals surface area contributed by atoms with Crippen LogP contribution in [-0.4, -0.2) is 46.9 Å². The summed E-state index contributed by atoms with van der Waals surface area (Å²) < 4.78 is 60.2. The number of methoxy groups -OCH3 is 1. The summed E-state index contributed by atoms with van der Waals surface area (Å²) in [5.74, 6) is -2.57. The molecule has 0 saturated carbocycles. The summed E-state index contributed by atoms with van der Waals surface area (Å²) in [6.07, 6.45) is 1.38. The number of benzene rings is 2. The van der Waals surface area contributed by atoms with Crippen molar-refractivity contribution in [3.05, 3.63) is 109 Å². The van der Waals surface area contributed by atoms with Gasteiger partial charge < -0.3 is 28.8 Å². The minimum atomic E-state index is -4.48. The Kier molecular flexibility index (Phi) is 12.5. The molecule has 0 spiro atoms. The number of phenols is 1. The monoisotopic (exact) mass is 712 g/mol. The van der Waals surface area contributed by atoms with Gasteiger partial charge in [0.15, 0.2) is 11.2 Å². The Hall–Kier alpha value is -5.01. The highest BCUT2D eigenvalue weighted by Gasteiger charge is 2.31. The normalized spacial score (nSPS) is 14.1. The Balaban J connectivity index is 1.62. The summed E-state index contributed by atoms with van der Waals surface area (Å²) in [6.45, 7) is 3.05. The van der Waals surface area contributed by atoms with Crippen LogP contribution in [-0.2, 0) is 11.2 Å². The number of rotatable bonds is 13. The number of aliphatic hydroxyl groups is 1. The van der Waals surface area contributed by atoms with Crippen LogP contribution in [0.2, 0.25) is 0 Å². The van der Waals surface area contributed by atoms with Crippen molar-refractivity contribution in [1.29, 1.82) is 0 Å². The number of halogens is 3. The van der Waals surface area contributed by atoms with Crippen LogP contribution in [0.25, 0.3) is 12.2 Å². The summed E-state index contributed by atoms with van der Waals surface area (Å²) in [5.41, 5.74) is 0.557. The van der Waals surface area contributed by atoms with Crippen molar-refractivity contribution in [2.75, 3.05) is 13.7 Å². The molecule has 50 heavy (non-hydrogen) atoms. The van der Waals surface area contributed by atoms with E-state index >= 15 is 0 Å². The summed E-state index contributed by atoms with van der Waals surface area (Å²) in [5, 5.41) is 22.3. The van der Waals surface area contributed by atoms with Gasteiger partial charge in [-0.2, -0.15) is 13.2 Å². The number of carbonyl (C=O) groups excluding carboxylic acids is 2. The predicted octanol–water partition coefficient (Wildman–Crippen LogP) is 6.23. The van der Waals surface area contributed by atoms with Crippen molar-refractivity contribution >= 4 is 41.2 Å². The van der Waals surface area contributed by atoms with Crippen LogP contribution < -0.4 is 25.5 Å². The topological polar surface area (TPSA) is 133 Å². The largest absolute Gasteiger partial charge is 0.516 e. The lowest BCUT2D eigenvalue weighted by molar-refractivity contribution is -0.134. The molecule has 1 heterocycles. The summed E-state index contributed by atoms with van der Waals surface area (Å²) in [7, 11) is 1.09. The van der Waals surface area contributed by atoms with E-state index in [9.17, 15) is 37.8 Å². The third kappa shape index (κ3) is 9.57. The standard InChI is InChI=1S/C37H35F3O9S/c1-21-9-8-10-23(19-21)32(42)28(31-34(44)26-13-12-24(50)20-30(26)48-35(31)49-36(45)46-3)11-6-4-5-7-18-47-29-15-14-25(22(2)41)33(43)27(29)16-17-37(38,39)40/h4-6,8-11,13-15,19-20,28,32,42-43H,7,12,16-18H2,1-3H3/b5-4-,11-6+/t28-,32-/m0/s1. The predicted molar refractivity (Wildman–Crippen MR) is 183 cm³/mol. The van der Waals surface area contributed by atoms with Gasteiger partial charge >= 0.3 is 18.3 Å². The maximum Gasteiger partial charge on any atom is 0.516 e. The van der Waals surface area contributed by atoms with E-state index in [-0.39, 0.29) is 46.1 Å². The second-order valence-electron chi connectivity index (χ2n) is 11.4. The molecule has 2 aromatic carbocycles. The Morgan fingerprint density at radius 2 is 1.92 bits per heavy atom. The Morgan fingerprint density at radius 1 is 1.16 bits per heavy atom. The van der Waals surface area contributed by atoms with Gasteiger partial charge in [0.1, 0.15) is 16.9 Å². The van der Waals surface area contributed by atoms with E-state index in [0.29, 0.717) is 16.8 Å². The number of hydrogen-bond acceptors (Lipinski definition) is 10. The fourth-order valence-electron chi connectivity index (χ4n) is 5.31. The van der Waals surface area contributed by atoms with E-state index in [2.05, 4.69) is 4.74 Å². The first-order valence-corrected chi connectivity index (χ1v) is 15.9. The molecule has 0 bridgehead atoms. The molecule has 13 heteroatoms. The van der Waals surface area contributed by atoms with Crippen LogP contribution in [0.15, 0.2) is 69.9 Å². The van der Waals surface area contributed by atoms with Gasteiger partial charge in [0.05, 0.1) is 36.2 Å². The molecule has 0 fully saturated rings. The van der Waals surface area contributed by atoms with Crippen LogP contribution in [0.4, 0.5) is 18.0 Å². The third-order valence-electron chi connectivity index (χ3n) is 7.76. The van der Waals surface area contributed by atoms with E-state index in [4.69, 9.17) is 26.1 Å². The number of aliphatic hydroxyl groups excluding tert-OH is 1. The van der Waals surface area contributed by atoms with Gasteiger partial charge in [0, 0.05) is 29.2 Å². The number of phenolic OH excluding ortho intramolecular Hbond substituents is 1. The SMILES string of the molecule is COC(=O)Oc1oc2c(c(=O)c1[C@H](/C=C/C=C\CCOc1ccc(C(C)=O)c(O)c1CCC(F)(F)F)[C@@H](O)c1cccc(C)c1)=CCC(=S)C=2. The van der Waals surface area contributed by atoms with Gasteiger partial charge in [-0.3, -0.25) is 9.59 Å². The quantitative estimate of drug-likeness (QED) is 0.0691. The van der Waals surface area contributed by atoms with Crippen molar-refractivity contribution in [2.45, 2.75) is 57.7 Å². The van der Waals surface area contributed by atoms with Crippen LogP contribution in [0, 0.1) is 6.92 Å². The molecule has 0 saturated heterocycles. The maximum atomic E-state index is 13.9. The van der Waals surface area contributed by atoms with E-state index in [1.54, 1.807) is 42.5 Å². The molecule has 4 rings (SSSR count). The minimum Gasteiger partial charge on any atom is -0.507 e. The molecular formula is C37H35F3O9S. The van der Waals surface area contributed by atoms with E-state index in [0.717, 1.165) is 12.7 Å². The number of ketones is 1. The van der Waals surface area contributed by atoms with Gasteiger partial charge in [0.2, 0.25) is 0 Å². The molecule has 264 valence electrons. The third-order valence-corrected chi connectivity index (χ3v) is 8.05. The zero-order valence-electron chi connectivity index (χ0n) is 27.4. The number of alkyl halides is 3. The highest BCUT2D eigenvalue weighted by atomic mass is 32.1. The molecule has 9 nitrogen and oxygen atoms in total. The number of allylic oxidation sites excluding steroid dienone is 2. The molecule has 0 radical (unpaired) electrons. The van der Waals surface area contributed by atoms with Gasteiger partial charge in [-0.05, 0) is 50.5 Å². The van der Waals surface area contributed by atoms with Crippen LogP contribution in [0.3, 0.4) is 0 Å². The number of Topliss-reactive ketones (excluding diaryl/α,β-unsaturated/α-hetero) is 1. The summed E-state index contributed by atoms with van der Waals surface area (Å²) >= 11 is 5.25. The van der Waals surface area contributed by atoms with E-state index < -0.39 is 60.1 Å². The fourth-order valence-corrected chi connectivity index (χ4v) is 5.50. The summed E-state index contributed by atoms with van der Waals surface area (Å²) in [6, 6.07) is 9.68. The lowest BCUT2D eigenvalue weighted by Gasteiger charge is -2.22. The fraction of sp³-hybridized carbons (Fsp3) is 0.297. The van der Waals surface area contributed by atoms with Gasteiger partial charge in [0.25, 0.3) is 0 Å². The van der Waals surface area contributed by atoms with Gasteiger partial charge in [-0.25, -0.2) is 4.79 Å². The van der Waals surface area contributed by atoms with Crippen LogP contribution in [0.1, 0.15) is 70.8 Å². The molecule has 1 aromatic heterocycles. The van der Waals surface area contributed by atoms with Crippen molar-refractivity contribution in [1.82, 2.24) is 0 Å². The molecule has 0 aliphatic heterocycles. The Morgan fingerprint density at radius 3 is 2.60 bits per heavy atom. The highest BCUT2D eigenvalue weighted by molar-refractivity contribution is 7.81. The molecule has 3 aromatic rings. The average molecular weight is 713 g/mol. The number of carbonyl (C=O) groups is 2. The van der Waals surface area contributed by atoms with Gasteiger partial charge in [-0.1, -0.05) is 72.4 Å². The van der Waals surface area contributed by atoms with Crippen molar-refractivity contribution in [3.63, 3.8) is 0 Å². The molecular weight excluding hydrogens is 677 g/mol. The number of fused-ring (bicyclic) bond motifs is 1. The summed E-state index contributed by atoms with van der Waals surface area (Å²) in [4.78, 5) is 38.4. The number of hydrogen-bond donors (Lipinski definition) is 2. The molecule has 0 unspecified atom stereocenters. The zero-order valence-corrected chi connectivity index (χ0v) is 28.2. The van der Waals surface area contributed by atoms with E-state index in [1.165, 1.54) is 31.2 Å². The Labute approximate surface area is 290 Å². The number of ether oxygens (including phenoxy) is 3. The average Bonchev–Trinajstić information content (AvgIpc) is 3.05.